The Kier molecular flexibility index (Phi) is 6.35. The number of anilines is 1. The number of nitrogens with zero attached hydrogens (tertiary/aromatic N) is 2. The Morgan fingerprint density at radius 1 is 0.833 bits per heavy atom. The molecule has 4 nitrogen and oxygen atoms in total. The third-order valence-electron chi connectivity index (χ3n) is 4.39. The number of hydrogen-bond donors (Lipinski definition) is 1. The van der Waals surface area contributed by atoms with Crippen LogP contribution < -0.4 is 5.32 Å². The maximum atomic E-state index is 12.3. The third-order valence-corrected chi connectivity index (χ3v) is 6.23. The first-order valence-corrected chi connectivity index (χ1v) is 11.4. The van der Waals surface area contributed by atoms with E-state index in [0.29, 0.717) is 5.16 Å². The molecular weight excluding hydrogens is 410 g/mol. The van der Waals surface area contributed by atoms with Crippen molar-refractivity contribution in [1.82, 2.24) is 9.97 Å². The normalized spacial score (nSPS) is 10.9. The van der Waals surface area contributed by atoms with Crippen LogP contribution in [0.4, 0.5) is 5.69 Å². The molecule has 1 amide bonds. The molecule has 0 fully saturated rings. The molecule has 0 atom stereocenters. The molecule has 4 aromatic rings. The number of amides is 1. The van der Waals surface area contributed by atoms with E-state index in [1.165, 1.54) is 27.4 Å². The van der Waals surface area contributed by atoms with Crippen LogP contribution >= 0.6 is 23.5 Å². The van der Waals surface area contributed by atoms with Crippen LogP contribution in [0.3, 0.4) is 0 Å². The summed E-state index contributed by atoms with van der Waals surface area (Å²) in [4.78, 5) is 23.3. The average Bonchev–Trinajstić information content (AvgIpc) is 2.73. The number of hydrogen-bond acceptors (Lipinski definition) is 5. The van der Waals surface area contributed by atoms with E-state index in [0.717, 1.165) is 22.0 Å². The molecule has 0 saturated carbocycles. The van der Waals surface area contributed by atoms with E-state index in [1.807, 2.05) is 44.2 Å². The summed E-state index contributed by atoms with van der Waals surface area (Å²) < 4.78 is 0. The molecule has 1 N–H and O–H groups in total. The first-order valence-electron chi connectivity index (χ1n) is 9.57. The molecule has 150 valence electrons. The topological polar surface area (TPSA) is 54.9 Å². The zero-order chi connectivity index (χ0) is 20.9. The molecule has 30 heavy (non-hydrogen) atoms. The van der Waals surface area contributed by atoms with Crippen LogP contribution in [0.1, 0.15) is 11.4 Å². The molecule has 0 bridgehead atoms. The van der Waals surface area contributed by atoms with Gasteiger partial charge >= 0.3 is 0 Å². The molecule has 3 aromatic carbocycles. The summed E-state index contributed by atoms with van der Waals surface area (Å²) in [5.41, 5.74) is 2.60. The molecule has 4 rings (SSSR count). The number of rotatable bonds is 6. The number of thioether (sulfide) groups is 1. The van der Waals surface area contributed by atoms with Crippen molar-refractivity contribution in [2.24, 2.45) is 0 Å². The number of aryl methyl sites for hydroxylation is 2. The highest BCUT2D eigenvalue weighted by atomic mass is 32.2. The van der Waals surface area contributed by atoms with Crippen LogP contribution in [0, 0.1) is 13.8 Å². The van der Waals surface area contributed by atoms with E-state index in [2.05, 4.69) is 57.7 Å². The third kappa shape index (κ3) is 5.40. The molecule has 0 saturated heterocycles. The molecule has 1 heterocycles. The Morgan fingerprint density at radius 3 is 2.23 bits per heavy atom. The summed E-state index contributed by atoms with van der Waals surface area (Å²) in [5.74, 6) is 0.203. The van der Waals surface area contributed by atoms with Crippen LogP contribution in [0.5, 0.6) is 0 Å². The second kappa shape index (κ2) is 9.32. The van der Waals surface area contributed by atoms with Gasteiger partial charge in [0.25, 0.3) is 0 Å². The fourth-order valence-electron chi connectivity index (χ4n) is 3.06. The van der Waals surface area contributed by atoms with Gasteiger partial charge in [0.15, 0.2) is 5.16 Å². The maximum absolute atomic E-state index is 12.3. The predicted octanol–water partition coefficient (Wildman–Crippen LogP) is 6.13. The number of nitrogens with one attached hydrogen (secondary N) is 1. The van der Waals surface area contributed by atoms with Gasteiger partial charge < -0.3 is 5.32 Å². The standard InChI is InChI=1S/C24H21N3OS2/c1-16-13-17(2)26-24(25-16)29-15-23(28)27-20-8-11-21(12-9-20)30-22-10-7-18-5-3-4-6-19(18)14-22/h3-14H,15H2,1-2H3,(H,27,28). The van der Waals surface area contributed by atoms with E-state index in [9.17, 15) is 4.79 Å². The lowest BCUT2D eigenvalue weighted by molar-refractivity contribution is -0.113. The van der Waals surface area contributed by atoms with E-state index in [4.69, 9.17) is 0 Å². The summed E-state index contributed by atoms with van der Waals surface area (Å²) in [5, 5.41) is 6.03. The molecule has 0 spiro atoms. The van der Waals surface area contributed by atoms with Crippen LogP contribution in [-0.4, -0.2) is 21.6 Å². The van der Waals surface area contributed by atoms with Gasteiger partial charge in [-0.25, -0.2) is 9.97 Å². The van der Waals surface area contributed by atoms with Gasteiger partial charge in [0, 0.05) is 26.9 Å². The minimum atomic E-state index is -0.0716. The Balaban J connectivity index is 1.34. The van der Waals surface area contributed by atoms with Gasteiger partial charge in [-0.3, -0.25) is 4.79 Å². The summed E-state index contributed by atoms with van der Waals surface area (Å²) in [6, 6.07) is 24.6. The van der Waals surface area contributed by atoms with Gasteiger partial charge in [0.2, 0.25) is 5.91 Å². The lowest BCUT2D eigenvalue weighted by atomic mass is 10.1. The summed E-state index contributed by atoms with van der Waals surface area (Å²) in [6.07, 6.45) is 0. The van der Waals surface area contributed by atoms with E-state index in [1.54, 1.807) is 11.8 Å². The van der Waals surface area contributed by atoms with E-state index < -0.39 is 0 Å². The van der Waals surface area contributed by atoms with E-state index in [-0.39, 0.29) is 11.7 Å². The summed E-state index contributed by atoms with van der Waals surface area (Å²) >= 11 is 3.05. The van der Waals surface area contributed by atoms with Crippen molar-refractivity contribution in [3.8, 4) is 0 Å². The largest absolute Gasteiger partial charge is 0.325 e. The zero-order valence-corrected chi connectivity index (χ0v) is 18.4. The monoisotopic (exact) mass is 431 g/mol. The lowest BCUT2D eigenvalue weighted by Gasteiger charge is -2.07. The van der Waals surface area contributed by atoms with Crippen LogP contribution in [0.25, 0.3) is 10.8 Å². The van der Waals surface area contributed by atoms with Crippen molar-refractivity contribution in [2.45, 2.75) is 28.8 Å². The van der Waals surface area contributed by atoms with Crippen molar-refractivity contribution in [2.75, 3.05) is 11.1 Å². The number of fused-ring (bicyclic) bond motifs is 1. The summed E-state index contributed by atoms with van der Waals surface area (Å²) in [7, 11) is 0. The number of carbonyl (C=O) groups is 1. The molecule has 0 aliphatic rings. The Morgan fingerprint density at radius 2 is 1.50 bits per heavy atom. The van der Waals surface area contributed by atoms with Gasteiger partial charge in [0.1, 0.15) is 0 Å². The van der Waals surface area contributed by atoms with Gasteiger partial charge in [0.05, 0.1) is 5.75 Å². The van der Waals surface area contributed by atoms with Crippen molar-refractivity contribution >= 4 is 45.9 Å². The molecule has 1 aromatic heterocycles. The van der Waals surface area contributed by atoms with E-state index >= 15 is 0 Å². The second-order valence-electron chi connectivity index (χ2n) is 6.91. The van der Waals surface area contributed by atoms with Crippen molar-refractivity contribution in [3.05, 3.63) is 84.2 Å². The smallest absolute Gasteiger partial charge is 0.234 e. The van der Waals surface area contributed by atoms with Gasteiger partial charge in [-0.2, -0.15) is 0 Å². The first-order chi connectivity index (χ1) is 14.5. The molecule has 0 aliphatic carbocycles. The van der Waals surface area contributed by atoms with Gasteiger partial charge in [-0.05, 0) is 67.1 Å². The highest BCUT2D eigenvalue weighted by molar-refractivity contribution is 7.99. The number of aromatic nitrogens is 2. The highest BCUT2D eigenvalue weighted by Crippen LogP contribution is 2.31. The quantitative estimate of drug-likeness (QED) is 0.294. The SMILES string of the molecule is Cc1cc(C)nc(SCC(=O)Nc2ccc(Sc3ccc4ccccc4c3)cc2)n1. The zero-order valence-electron chi connectivity index (χ0n) is 16.8. The van der Waals surface area contributed by atoms with Crippen LogP contribution in [0.2, 0.25) is 0 Å². The van der Waals surface area contributed by atoms with Crippen molar-refractivity contribution in [1.29, 1.82) is 0 Å². The fourth-order valence-corrected chi connectivity index (χ4v) is 4.67. The molecule has 0 aliphatic heterocycles. The second-order valence-corrected chi connectivity index (χ2v) is 8.99. The molecule has 0 radical (unpaired) electrons. The lowest BCUT2D eigenvalue weighted by Crippen LogP contribution is -2.14. The maximum Gasteiger partial charge on any atom is 0.234 e. The fraction of sp³-hybridized carbons (Fsp3) is 0.125. The molecular formula is C24H21N3OS2. The van der Waals surface area contributed by atoms with Gasteiger partial charge in [-0.15, -0.1) is 0 Å². The Hall–Kier alpha value is -2.83. The Bertz CT molecular complexity index is 1170. The Labute approximate surface area is 184 Å². The highest BCUT2D eigenvalue weighted by Gasteiger charge is 2.07. The predicted molar refractivity (Wildman–Crippen MR) is 125 cm³/mol. The van der Waals surface area contributed by atoms with Crippen LogP contribution in [0.15, 0.2) is 87.7 Å². The number of benzene rings is 3. The first kappa shape index (κ1) is 20.4. The number of carbonyl (C=O) groups excluding carboxylic acids is 1. The van der Waals surface area contributed by atoms with Crippen LogP contribution in [-0.2, 0) is 4.79 Å². The molecule has 0 unspecified atom stereocenters. The molecule has 6 heteroatoms. The minimum Gasteiger partial charge on any atom is -0.325 e. The van der Waals surface area contributed by atoms with Crippen molar-refractivity contribution < 1.29 is 4.79 Å². The summed E-state index contributed by atoms with van der Waals surface area (Å²) in [6.45, 7) is 3.85. The minimum absolute atomic E-state index is 0.0716. The van der Waals surface area contributed by atoms with Crippen molar-refractivity contribution in [3.63, 3.8) is 0 Å². The van der Waals surface area contributed by atoms with Gasteiger partial charge in [-0.1, -0.05) is 53.9 Å². The average molecular weight is 432 g/mol.